The molecule has 1 aromatic rings. The molecule has 0 fully saturated rings. The van der Waals surface area contributed by atoms with Crippen molar-refractivity contribution in [3.8, 4) is 0 Å². The van der Waals surface area contributed by atoms with Crippen molar-refractivity contribution in [3.05, 3.63) is 35.2 Å². The van der Waals surface area contributed by atoms with Crippen molar-refractivity contribution in [2.24, 2.45) is 0 Å². The van der Waals surface area contributed by atoms with Crippen LogP contribution >= 0.6 is 0 Å². The first-order chi connectivity index (χ1) is 6.36. The molecule has 1 heteroatoms. The Bertz CT molecular complexity index is 300. The van der Waals surface area contributed by atoms with E-state index in [0.29, 0.717) is 0 Å². The van der Waals surface area contributed by atoms with E-state index in [-0.39, 0.29) is 0 Å². The van der Waals surface area contributed by atoms with Crippen LogP contribution in [0.15, 0.2) is 23.9 Å². The van der Waals surface area contributed by atoms with Gasteiger partial charge in [-0.2, -0.15) is 0 Å². The largest absolute Gasteiger partial charge is 0.261 e. The average Bonchev–Trinajstić information content (AvgIpc) is 2.21. The van der Waals surface area contributed by atoms with Crippen LogP contribution in [0.1, 0.15) is 38.4 Å². The zero-order valence-electron chi connectivity index (χ0n) is 8.67. The lowest BCUT2D eigenvalue weighted by Gasteiger charge is -2.11. The van der Waals surface area contributed by atoms with E-state index >= 15 is 0 Å². The molecule has 0 bridgehead atoms. The topological polar surface area (TPSA) is 12.9 Å². The standard InChI is InChI=1S/C10H11N.C2H6/c1-8-4-5-10-9(7-8)3-2-6-11-10;1-2/h2-3,6-7H,4-5H2,1H3;1-2H3. The number of pyridine rings is 1. The van der Waals surface area contributed by atoms with Crippen molar-refractivity contribution in [3.63, 3.8) is 0 Å². The number of hydrogen-bond donors (Lipinski definition) is 0. The highest BCUT2D eigenvalue weighted by Gasteiger charge is 2.06. The quantitative estimate of drug-likeness (QED) is 0.588. The molecule has 1 aromatic heterocycles. The molecule has 13 heavy (non-hydrogen) atoms. The highest BCUT2D eigenvalue weighted by Crippen LogP contribution is 2.20. The summed E-state index contributed by atoms with van der Waals surface area (Å²) in [5.41, 5.74) is 4.01. The minimum absolute atomic E-state index is 1.11. The number of rotatable bonds is 0. The molecule has 1 heterocycles. The third-order valence-electron chi connectivity index (χ3n) is 2.08. The average molecular weight is 175 g/mol. The molecule has 0 aromatic carbocycles. The Kier molecular flexibility index (Phi) is 3.69. The van der Waals surface area contributed by atoms with Gasteiger partial charge in [0.15, 0.2) is 0 Å². The molecule has 0 N–H and O–H groups in total. The van der Waals surface area contributed by atoms with Gasteiger partial charge in [-0.3, -0.25) is 4.98 Å². The molecule has 0 spiro atoms. The van der Waals surface area contributed by atoms with Crippen molar-refractivity contribution in [1.29, 1.82) is 0 Å². The van der Waals surface area contributed by atoms with Crippen LogP contribution in [0, 0.1) is 0 Å². The van der Waals surface area contributed by atoms with Gasteiger partial charge < -0.3 is 0 Å². The van der Waals surface area contributed by atoms with Gasteiger partial charge in [-0.1, -0.05) is 31.6 Å². The monoisotopic (exact) mass is 175 g/mol. The minimum atomic E-state index is 1.11. The Morgan fingerprint density at radius 2 is 2.00 bits per heavy atom. The minimum Gasteiger partial charge on any atom is -0.261 e. The Morgan fingerprint density at radius 3 is 2.77 bits per heavy atom. The van der Waals surface area contributed by atoms with Crippen LogP contribution in [0.3, 0.4) is 0 Å². The maximum atomic E-state index is 4.31. The second-order valence-electron chi connectivity index (χ2n) is 3.03. The maximum absolute atomic E-state index is 4.31. The molecule has 0 unspecified atom stereocenters. The van der Waals surface area contributed by atoms with Gasteiger partial charge in [0.2, 0.25) is 0 Å². The Morgan fingerprint density at radius 1 is 1.23 bits per heavy atom. The number of hydrogen-bond acceptors (Lipinski definition) is 1. The second kappa shape index (κ2) is 4.80. The number of allylic oxidation sites excluding steroid dienone is 1. The SMILES string of the molecule is CC.CC1=Cc2cccnc2CC1. The number of aryl methyl sites for hydroxylation is 1. The van der Waals surface area contributed by atoms with Crippen LogP contribution in [0.5, 0.6) is 0 Å². The van der Waals surface area contributed by atoms with Crippen molar-refractivity contribution in [2.75, 3.05) is 0 Å². The van der Waals surface area contributed by atoms with Crippen molar-refractivity contribution < 1.29 is 0 Å². The lowest BCUT2D eigenvalue weighted by molar-refractivity contribution is 0.884. The van der Waals surface area contributed by atoms with E-state index in [2.05, 4.69) is 24.1 Å². The molecule has 1 aliphatic carbocycles. The first-order valence-electron chi connectivity index (χ1n) is 4.97. The van der Waals surface area contributed by atoms with Crippen LogP contribution in [0.25, 0.3) is 6.08 Å². The number of fused-ring (bicyclic) bond motifs is 1. The van der Waals surface area contributed by atoms with Gasteiger partial charge in [-0.15, -0.1) is 0 Å². The summed E-state index contributed by atoms with van der Waals surface area (Å²) in [4.78, 5) is 4.31. The number of aromatic nitrogens is 1. The van der Waals surface area contributed by atoms with Crippen molar-refractivity contribution in [2.45, 2.75) is 33.6 Å². The second-order valence-corrected chi connectivity index (χ2v) is 3.03. The summed E-state index contributed by atoms with van der Waals surface area (Å²) in [7, 11) is 0. The highest BCUT2D eigenvalue weighted by atomic mass is 14.7. The summed E-state index contributed by atoms with van der Waals surface area (Å²) in [6.45, 7) is 6.18. The first kappa shape index (κ1) is 9.97. The molecular weight excluding hydrogens is 158 g/mol. The predicted molar refractivity (Wildman–Crippen MR) is 57.6 cm³/mol. The molecule has 0 saturated heterocycles. The molecule has 70 valence electrons. The van der Waals surface area contributed by atoms with Gasteiger partial charge in [0, 0.05) is 11.9 Å². The molecule has 0 radical (unpaired) electrons. The lowest BCUT2D eigenvalue weighted by Crippen LogP contribution is -1.99. The lowest BCUT2D eigenvalue weighted by atomic mass is 9.98. The summed E-state index contributed by atoms with van der Waals surface area (Å²) >= 11 is 0. The molecule has 0 saturated carbocycles. The van der Waals surface area contributed by atoms with E-state index in [1.165, 1.54) is 23.3 Å². The van der Waals surface area contributed by atoms with Gasteiger partial charge in [0.25, 0.3) is 0 Å². The molecule has 2 rings (SSSR count). The highest BCUT2D eigenvalue weighted by molar-refractivity contribution is 5.56. The third kappa shape index (κ3) is 2.41. The van der Waals surface area contributed by atoms with E-state index < -0.39 is 0 Å². The summed E-state index contributed by atoms with van der Waals surface area (Å²) in [5, 5.41) is 0. The van der Waals surface area contributed by atoms with Crippen molar-refractivity contribution >= 4 is 6.08 Å². The maximum Gasteiger partial charge on any atom is 0.0479 e. The fraction of sp³-hybridized carbons (Fsp3) is 0.417. The van der Waals surface area contributed by atoms with Crippen LogP contribution < -0.4 is 0 Å². The van der Waals surface area contributed by atoms with Gasteiger partial charge in [0.05, 0.1) is 0 Å². The smallest absolute Gasteiger partial charge is 0.0479 e. The van der Waals surface area contributed by atoms with E-state index in [4.69, 9.17) is 0 Å². The summed E-state index contributed by atoms with van der Waals surface area (Å²) in [6, 6.07) is 4.12. The third-order valence-corrected chi connectivity index (χ3v) is 2.08. The van der Waals surface area contributed by atoms with Gasteiger partial charge in [0.1, 0.15) is 0 Å². The Balaban J connectivity index is 0.000000396. The van der Waals surface area contributed by atoms with E-state index in [1.54, 1.807) is 0 Å². The van der Waals surface area contributed by atoms with Crippen LogP contribution in [0.2, 0.25) is 0 Å². The number of nitrogens with zero attached hydrogens (tertiary/aromatic N) is 1. The molecular formula is C12H17N. The van der Waals surface area contributed by atoms with E-state index in [9.17, 15) is 0 Å². The fourth-order valence-electron chi connectivity index (χ4n) is 1.44. The molecule has 1 nitrogen and oxygen atoms in total. The van der Waals surface area contributed by atoms with Gasteiger partial charge >= 0.3 is 0 Å². The van der Waals surface area contributed by atoms with Gasteiger partial charge in [-0.25, -0.2) is 0 Å². The molecule has 1 aliphatic rings. The zero-order valence-corrected chi connectivity index (χ0v) is 8.67. The molecule has 0 aliphatic heterocycles. The molecule has 0 amide bonds. The Hall–Kier alpha value is -1.11. The predicted octanol–water partition coefficient (Wildman–Crippen LogP) is 3.46. The summed E-state index contributed by atoms with van der Waals surface area (Å²) in [6.07, 6.45) is 6.38. The summed E-state index contributed by atoms with van der Waals surface area (Å²) < 4.78 is 0. The van der Waals surface area contributed by atoms with Gasteiger partial charge in [-0.05, 0) is 31.4 Å². The Labute approximate surface area is 80.5 Å². The van der Waals surface area contributed by atoms with E-state index in [1.807, 2.05) is 26.1 Å². The first-order valence-corrected chi connectivity index (χ1v) is 4.97. The van der Waals surface area contributed by atoms with Crippen LogP contribution in [0.4, 0.5) is 0 Å². The summed E-state index contributed by atoms with van der Waals surface area (Å²) in [5.74, 6) is 0. The fourth-order valence-corrected chi connectivity index (χ4v) is 1.44. The van der Waals surface area contributed by atoms with E-state index in [0.717, 1.165) is 6.42 Å². The van der Waals surface area contributed by atoms with Crippen LogP contribution in [-0.4, -0.2) is 4.98 Å². The van der Waals surface area contributed by atoms with Crippen LogP contribution in [-0.2, 0) is 6.42 Å². The normalized spacial score (nSPS) is 13.6. The molecule has 0 atom stereocenters. The van der Waals surface area contributed by atoms with Crippen molar-refractivity contribution in [1.82, 2.24) is 4.98 Å². The zero-order chi connectivity index (χ0) is 9.68.